The van der Waals surface area contributed by atoms with Crippen LogP contribution in [0.25, 0.3) is 17.0 Å². The van der Waals surface area contributed by atoms with Crippen LogP contribution in [0.5, 0.6) is 0 Å². The number of carbonyl (C=O) groups is 1. The van der Waals surface area contributed by atoms with Gasteiger partial charge in [0.1, 0.15) is 5.82 Å². The van der Waals surface area contributed by atoms with E-state index >= 15 is 0 Å². The number of amides is 2. The van der Waals surface area contributed by atoms with Gasteiger partial charge in [-0.25, -0.2) is 9.18 Å². The fourth-order valence-corrected chi connectivity index (χ4v) is 4.28. The largest absolute Gasteiger partial charge is 0.334 e. The topological polar surface area (TPSA) is 71.3 Å². The van der Waals surface area contributed by atoms with Gasteiger partial charge < -0.3 is 9.84 Å². The second-order valence-electron chi connectivity index (χ2n) is 8.49. The number of nitrogens with zero attached hydrogens (tertiary/aromatic N) is 3. The smallest absolute Gasteiger partial charge is 0.326 e. The summed E-state index contributed by atoms with van der Waals surface area (Å²) in [7, 11) is 0. The highest BCUT2D eigenvalue weighted by Gasteiger charge is 2.36. The van der Waals surface area contributed by atoms with Crippen molar-refractivity contribution in [2.75, 3.05) is 4.90 Å². The highest BCUT2D eigenvalue weighted by atomic mass is 35.5. The van der Waals surface area contributed by atoms with Crippen molar-refractivity contribution in [2.24, 2.45) is 0 Å². The van der Waals surface area contributed by atoms with Crippen LogP contribution < -0.4 is 10.2 Å². The van der Waals surface area contributed by atoms with Gasteiger partial charge in [-0.1, -0.05) is 58.7 Å². The van der Waals surface area contributed by atoms with Gasteiger partial charge in [0.2, 0.25) is 5.82 Å². The number of benzene rings is 3. The maximum Gasteiger partial charge on any atom is 0.326 e. The molecule has 1 N–H and O–H groups in total. The minimum Gasteiger partial charge on any atom is -0.334 e. The summed E-state index contributed by atoms with van der Waals surface area (Å²) in [6.45, 7) is 5.47. The van der Waals surface area contributed by atoms with Crippen molar-refractivity contribution >= 4 is 28.9 Å². The molecule has 2 amide bonds. The second kappa shape index (κ2) is 9.00. The number of nitrogens with one attached hydrogen (secondary N) is 1. The molecule has 1 aliphatic rings. The molecule has 6 nitrogen and oxygen atoms in total. The third kappa shape index (κ3) is 4.31. The molecule has 0 fully saturated rings. The number of halogens is 2. The van der Waals surface area contributed by atoms with Crippen LogP contribution in [0.2, 0.25) is 5.02 Å². The highest BCUT2D eigenvalue weighted by molar-refractivity contribution is 6.30. The Balaban J connectivity index is 1.65. The van der Waals surface area contributed by atoms with Crippen LogP contribution in [0, 0.1) is 19.7 Å². The predicted octanol–water partition coefficient (Wildman–Crippen LogP) is 6.85. The predicted molar refractivity (Wildman–Crippen MR) is 133 cm³/mol. The van der Waals surface area contributed by atoms with E-state index in [4.69, 9.17) is 16.1 Å². The fourth-order valence-electron chi connectivity index (χ4n) is 4.16. The van der Waals surface area contributed by atoms with Crippen LogP contribution in [0.3, 0.4) is 0 Å². The zero-order valence-electron chi connectivity index (χ0n) is 19.3. The standard InChI is InChI=1S/C27H22ClFN4O2/c1-15-4-6-19(7-5-15)25-31-26(35-32-25)23-17(3)33(21-12-13-22(29)16(2)14-21)27(34)30-24(23)18-8-10-20(28)11-9-18/h4-14,24H,1-3H3,(H,30,34). The van der Waals surface area contributed by atoms with E-state index in [2.05, 4.69) is 15.5 Å². The van der Waals surface area contributed by atoms with Crippen molar-refractivity contribution in [3.8, 4) is 11.4 Å². The lowest BCUT2D eigenvalue weighted by atomic mass is 9.94. The Morgan fingerprint density at radius 2 is 1.71 bits per heavy atom. The first-order valence-electron chi connectivity index (χ1n) is 11.1. The first-order chi connectivity index (χ1) is 16.8. The molecule has 4 aromatic rings. The van der Waals surface area contributed by atoms with Crippen LogP contribution in [0.1, 0.15) is 35.5 Å². The lowest BCUT2D eigenvalue weighted by molar-refractivity contribution is 0.244. The van der Waals surface area contributed by atoms with E-state index in [0.717, 1.165) is 16.7 Å². The number of hydrogen-bond donors (Lipinski definition) is 1. The van der Waals surface area contributed by atoms with Crippen molar-refractivity contribution in [3.63, 3.8) is 0 Å². The van der Waals surface area contributed by atoms with Crippen molar-refractivity contribution < 1.29 is 13.7 Å². The van der Waals surface area contributed by atoms with Crippen LogP contribution in [-0.2, 0) is 0 Å². The van der Waals surface area contributed by atoms with Gasteiger partial charge in [-0.3, -0.25) is 4.90 Å². The highest BCUT2D eigenvalue weighted by Crippen LogP contribution is 2.39. The molecule has 2 heterocycles. The summed E-state index contributed by atoms with van der Waals surface area (Å²) in [5.41, 5.74) is 4.95. The SMILES string of the molecule is CC1=C(c2nc(-c3ccc(C)cc3)no2)C(c2ccc(Cl)cc2)NC(=O)N1c1ccc(F)c(C)c1. The van der Waals surface area contributed by atoms with Crippen molar-refractivity contribution in [1.82, 2.24) is 15.5 Å². The van der Waals surface area contributed by atoms with E-state index in [1.54, 1.807) is 31.2 Å². The summed E-state index contributed by atoms with van der Waals surface area (Å²) in [6.07, 6.45) is 0. The first-order valence-corrected chi connectivity index (χ1v) is 11.4. The lowest BCUT2D eigenvalue weighted by Crippen LogP contribution is -2.46. The summed E-state index contributed by atoms with van der Waals surface area (Å²) in [4.78, 5) is 19.4. The molecule has 3 aromatic carbocycles. The van der Waals surface area contributed by atoms with E-state index in [1.807, 2.05) is 50.2 Å². The van der Waals surface area contributed by atoms with E-state index < -0.39 is 6.04 Å². The molecule has 0 saturated carbocycles. The van der Waals surface area contributed by atoms with Crippen molar-refractivity contribution in [1.29, 1.82) is 0 Å². The Labute approximate surface area is 207 Å². The van der Waals surface area contributed by atoms with Gasteiger partial charge >= 0.3 is 6.03 Å². The van der Waals surface area contributed by atoms with Gasteiger partial charge in [0.05, 0.1) is 17.3 Å². The number of urea groups is 1. The molecular weight excluding hydrogens is 467 g/mol. The van der Waals surface area contributed by atoms with Crippen molar-refractivity contribution in [2.45, 2.75) is 26.8 Å². The van der Waals surface area contributed by atoms with Gasteiger partial charge in [0, 0.05) is 16.3 Å². The Morgan fingerprint density at radius 1 is 1.00 bits per heavy atom. The van der Waals surface area contributed by atoms with Crippen LogP contribution in [0.4, 0.5) is 14.9 Å². The molecule has 8 heteroatoms. The van der Waals surface area contributed by atoms with Gasteiger partial charge in [0.15, 0.2) is 0 Å². The molecule has 0 radical (unpaired) electrons. The average Bonchev–Trinajstić information content (AvgIpc) is 3.31. The third-order valence-corrected chi connectivity index (χ3v) is 6.31. The van der Waals surface area contributed by atoms with Crippen molar-refractivity contribution in [3.05, 3.63) is 106 Å². The number of anilines is 1. The molecule has 0 aliphatic carbocycles. The van der Waals surface area contributed by atoms with E-state index in [1.165, 1.54) is 11.0 Å². The number of carbonyl (C=O) groups excluding carboxylic acids is 1. The molecule has 0 spiro atoms. The second-order valence-corrected chi connectivity index (χ2v) is 8.93. The molecule has 0 bridgehead atoms. The molecule has 0 saturated heterocycles. The van der Waals surface area contributed by atoms with E-state index in [-0.39, 0.29) is 17.7 Å². The molecular formula is C27H22ClFN4O2. The third-order valence-electron chi connectivity index (χ3n) is 6.05. The number of aromatic nitrogens is 2. The van der Waals surface area contributed by atoms with Crippen LogP contribution >= 0.6 is 11.6 Å². The normalized spacial score (nSPS) is 16.0. The summed E-state index contributed by atoms with van der Waals surface area (Å²) < 4.78 is 19.6. The maximum absolute atomic E-state index is 13.9. The van der Waals surface area contributed by atoms with E-state index in [0.29, 0.717) is 33.4 Å². The van der Waals surface area contributed by atoms with Gasteiger partial charge in [0.25, 0.3) is 5.89 Å². The fraction of sp³-hybridized carbons (Fsp3) is 0.148. The molecule has 1 aromatic heterocycles. The number of aryl methyl sites for hydroxylation is 2. The Morgan fingerprint density at radius 3 is 2.40 bits per heavy atom. The summed E-state index contributed by atoms with van der Waals surface area (Å²) in [6, 6.07) is 18.7. The summed E-state index contributed by atoms with van der Waals surface area (Å²) >= 11 is 6.10. The number of hydrogen-bond acceptors (Lipinski definition) is 4. The minimum atomic E-state index is -0.552. The molecule has 176 valence electrons. The monoisotopic (exact) mass is 488 g/mol. The van der Waals surface area contributed by atoms with E-state index in [9.17, 15) is 9.18 Å². The Hall–Kier alpha value is -3.97. The summed E-state index contributed by atoms with van der Waals surface area (Å²) in [5, 5.41) is 7.81. The molecule has 1 aliphatic heterocycles. The van der Waals surface area contributed by atoms with Gasteiger partial charge in [-0.15, -0.1) is 0 Å². The number of allylic oxidation sites excluding steroid dienone is 1. The van der Waals surface area contributed by atoms with Crippen LogP contribution in [0.15, 0.2) is 77.0 Å². The van der Waals surface area contributed by atoms with Gasteiger partial charge in [-0.2, -0.15) is 4.98 Å². The van der Waals surface area contributed by atoms with Gasteiger partial charge in [-0.05, 0) is 62.2 Å². The zero-order chi connectivity index (χ0) is 24.7. The lowest BCUT2D eigenvalue weighted by Gasteiger charge is -2.35. The molecule has 5 rings (SSSR count). The molecule has 35 heavy (non-hydrogen) atoms. The summed E-state index contributed by atoms with van der Waals surface area (Å²) in [5.74, 6) is 0.379. The quantitative estimate of drug-likeness (QED) is 0.341. The zero-order valence-corrected chi connectivity index (χ0v) is 20.1. The Bertz CT molecular complexity index is 1450. The molecule has 1 atom stereocenters. The average molecular weight is 489 g/mol. The maximum atomic E-state index is 13.9. The van der Waals surface area contributed by atoms with Crippen LogP contribution in [-0.4, -0.2) is 16.2 Å². The first kappa shape index (κ1) is 22.8. The number of rotatable bonds is 4. The minimum absolute atomic E-state index is 0.279. The Kier molecular flexibility index (Phi) is 5.86. The molecule has 1 unspecified atom stereocenters.